The van der Waals surface area contributed by atoms with E-state index in [1.54, 1.807) is 0 Å². The summed E-state index contributed by atoms with van der Waals surface area (Å²) in [6.45, 7) is 1.14. The lowest BCUT2D eigenvalue weighted by molar-refractivity contribution is -0.144. The Hall–Kier alpha value is -2.32. The SMILES string of the molecule is CC1CCCCC1NC(=O)Cn1c(C(F)(F)F)ccc(C(N)=O)c1=O. The highest BCUT2D eigenvalue weighted by molar-refractivity contribution is 5.92. The van der Waals surface area contributed by atoms with Gasteiger partial charge in [0, 0.05) is 6.04 Å². The van der Waals surface area contributed by atoms with Crippen LogP contribution in [0, 0.1) is 5.92 Å². The van der Waals surface area contributed by atoms with E-state index in [9.17, 15) is 27.6 Å². The Morgan fingerprint density at radius 2 is 1.92 bits per heavy atom. The zero-order valence-corrected chi connectivity index (χ0v) is 13.7. The molecule has 1 aromatic rings. The quantitative estimate of drug-likeness (QED) is 0.856. The second kappa shape index (κ2) is 7.28. The van der Waals surface area contributed by atoms with E-state index < -0.39 is 41.4 Å². The Morgan fingerprint density at radius 1 is 1.28 bits per heavy atom. The van der Waals surface area contributed by atoms with E-state index in [1.807, 2.05) is 6.92 Å². The number of pyridine rings is 1. The van der Waals surface area contributed by atoms with Gasteiger partial charge in [-0.3, -0.25) is 19.0 Å². The fraction of sp³-hybridized carbons (Fsp3) is 0.562. The summed E-state index contributed by atoms with van der Waals surface area (Å²) in [5, 5.41) is 2.69. The molecule has 1 aliphatic rings. The first-order chi connectivity index (χ1) is 11.6. The van der Waals surface area contributed by atoms with Crippen molar-refractivity contribution in [1.82, 2.24) is 9.88 Å². The maximum absolute atomic E-state index is 13.1. The van der Waals surface area contributed by atoms with Crippen molar-refractivity contribution in [2.24, 2.45) is 11.7 Å². The minimum atomic E-state index is -4.84. The number of aromatic nitrogens is 1. The molecule has 1 heterocycles. The van der Waals surface area contributed by atoms with Crippen LogP contribution in [0.2, 0.25) is 0 Å². The highest BCUT2D eigenvalue weighted by Crippen LogP contribution is 2.28. The number of hydrogen-bond donors (Lipinski definition) is 2. The van der Waals surface area contributed by atoms with Crippen molar-refractivity contribution in [3.8, 4) is 0 Å². The Balaban J connectivity index is 2.30. The summed E-state index contributed by atoms with van der Waals surface area (Å²) in [6.07, 6.45) is -1.19. The third-order valence-corrected chi connectivity index (χ3v) is 4.49. The van der Waals surface area contributed by atoms with Gasteiger partial charge < -0.3 is 11.1 Å². The molecule has 1 aliphatic carbocycles. The van der Waals surface area contributed by atoms with Crippen molar-refractivity contribution in [3.63, 3.8) is 0 Å². The molecular weight excluding hydrogens is 339 g/mol. The number of nitrogens with zero attached hydrogens (tertiary/aromatic N) is 1. The summed E-state index contributed by atoms with van der Waals surface area (Å²) < 4.78 is 39.6. The molecule has 0 aromatic carbocycles. The number of carbonyl (C=O) groups is 2. The predicted octanol–water partition coefficient (Wildman–Crippen LogP) is 1.66. The molecular formula is C16H20F3N3O3. The lowest BCUT2D eigenvalue weighted by Gasteiger charge is -2.29. The van der Waals surface area contributed by atoms with Crippen LogP contribution in [0.4, 0.5) is 13.2 Å². The third-order valence-electron chi connectivity index (χ3n) is 4.49. The predicted molar refractivity (Wildman–Crippen MR) is 83.8 cm³/mol. The van der Waals surface area contributed by atoms with Crippen molar-refractivity contribution in [1.29, 1.82) is 0 Å². The van der Waals surface area contributed by atoms with E-state index in [4.69, 9.17) is 5.73 Å². The molecule has 138 valence electrons. The van der Waals surface area contributed by atoms with E-state index in [0.29, 0.717) is 6.07 Å². The molecule has 1 saturated carbocycles. The first kappa shape index (κ1) is 19.0. The molecule has 0 bridgehead atoms. The lowest BCUT2D eigenvalue weighted by Crippen LogP contribution is -2.45. The van der Waals surface area contributed by atoms with Crippen molar-refractivity contribution in [2.75, 3.05) is 0 Å². The Morgan fingerprint density at radius 3 is 2.48 bits per heavy atom. The van der Waals surface area contributed by atoms with Crippen LogP contribution >= 0.6 is 0 Å². The smallest absolute Gasteiger partial charge is 0.365 e. The van der Waals surface area contributed by atoms with Crippen LogP contribution in [0.1, 0.15) is 48.7 Å². The van der Waals surface area contributed by atoms with Crippen LogP contribution in [-0.2, 0) is 17.5 Å². The van der Waals surface area contributed by atoms with Crippen molar-refractivity contribution < 1.29 is 22.8 Å². The fourth-order valence-corrected chi connectivity index (χ4v) is 3.10. The fourth-order valence-electron chi connectivity index (χ4n) is 3.10. The molecule has 2 atom stereocenters. The number of primary amides is 1. The molecule has 0 aliphatic heterocycles. The maximum Gasteiger partial charge on any atom is 0.431 e. The molecule has 0 spiro atoms. The number of nitrogens with one attached hydrogen (secondary N) is 1. The first-order valence-corrected chi connectivity index (χ1v) is 8.01. The molecule has 1 fully saturated rings. The van der Waals surface area contributed by atoms with Crippen LogP contribution in [0.5, 0.6) is 0 Å². The summed E-state index contributed by atoms with van der Waals surface area (Å²) in [7, 11) is 0. The van der Waals surface area contributed by atoms with E-state index >= 15 is 0 Å². The minimum Gasteiger partial charge on any atom is -0.365 e. The summed E-state index contributed by atoms with van der Waals surface area (Å²) in [5.74, 6) is -1.63. The molecule has 9 heteroatoms. The van der Waals surface area contributed by atoms with Crippen LogP contribution in [-0.4, -0.2) is 22.4 Å². The second-order valence-electron chi connectivity index (χ2n) is 6.32. The molecule has 25 heavy (non-hydrogen) atoms. The van der Waals surface area contributed by atoms with Crippen LogP contribution in [0.3, 0.4) is 0 Å². The monoisotopic (exact) mass is 359 g/mol. The number of alkyl halides is 3. The number of nitrogens with two attached hydrogens (primary N) is 1. The van der Waals surface area contributed by atoms with E-state index in [2.05, 4.69) is 5.32 Å². The number of rotatable bonds is 4. The van der Waals surface area contributed by atoms with Gasteiger partial charge in [-0.05, 0) is 30.9 Å². The van der Waals surface area contributed by atoms with Crippen LogP contribution < -0.4 is 16.6 Å². The number of halogens is 3. The molecule has 1 aromatic heterocycles. The lowest BCUT2D eigenvalue weighted by atomic mass is 9.86. The Bertz CT molecular complexity index is 728. The average molecular weight is 359 g/mol. The van der Waals surface area contributed by atoms with Crippen LogP contribution in [0.25, 0.3) is 0 Å². The summed E-state index contributed by atoms with van der Waals surface area (Å²) in [5.41, 5.74) is 1.89. The van der Waals surface area contributed by atoms with Crippen LogP contribution in [0.15, 0.2) is 16.9 Å². The van der Waals surface area contributed by atoms with Crippen molar-refractivity contribution in [2.45, 2.75) is 51.4 Å². The first-order valence-electron chi connectivity index (χ1n) is 8.01. The molecule has 6 nitrogen and oxygen atoms in total. The van der Waals surface area contributed by atoms with Gasteiger partial charge in [0.15, 0.2) is 0 Å². The summed E-state index contributed by atoms with van der Waals surface area (Å²) in [6, 6.07) is 1.17. The molecule has 2 amide bonds. The summed E-state index contributed by atoms with van der Waals surface area (Å²) >= 11 is 0. The molecule has 0 saturated heterocycles. The van der Waals surface area contributed by atoms with Gasteiger partial charge in [-0.15, -0.1) is 0 Å². The Labute approximate surface area is 142 Å². The number of hydrogen-bond acceptors (Lipinski definition) is 3. The number of amides is 2. The topological polar surface area (TPSA) is 94.2 Å². The average Bonchev–Trinajstić information content (AvgIpc) is 2.50. The maximum atomic E-state index is 13.1. The second-order valence-corrected chi connectivity index (χ2v) is 6.32. The molecule has 2 rings (SSSR count). The van der Waals surface area contributed by atoms with Gasteiger partial charge in [0.05, 0.1) is 0 Å². The summed E-state index contributed by atoms with van der Waals surface area (Å²) in [4.78, 5) is 35.5. The van der Waals surface area contributed by atoms with E-state index in [1.165, 1.54) is 0 Å². The zero-order valence-electron chi connectivity index (χ0n) is 13.7. The van der Waals surface area contributed by atoms with E-state index in [-0.39, 0.29) is 16.5 Å². The standard InChI is InChI=1S/C16H20F3N3O3/c1-9-4-2-3-5-11(9)21-13(23)8-22-12(16(17,18)19)7-6-10(14(20)24)15(22)25/h6-7,9,11H,2-5,8H2,1H3,(H2,20,24)(H,21,23). The van der Waals surface area contributed by atoms with Gasteiger partial charge >= 0.3 is 6.18 Å². The van der Waals surface area contributed by atoms with Gasteiger partial charge in [0.25, 0.3) is 11.5 Å². The minimum absolute atomic E-state index is 0.134. The molecule has 0 radical (unpaired) electrons. The highest BCUT2D eigenvalue weighted by atomic mass is 19.4. The Kier molecular flexibility index (Phi) is 5.54. The van der Waals surface area contributed by atoms with Gasteiger partial charge in [-0.1, -0.05) is 19.8 Å². The van der Waals surface area contributed by atoms with E-state index in [0.717, 1.165) is 31.7 Å². The van der Waals surface area contributed by atoms with Crippen molar-refractivity contribution in [3.05, 3.63) is 33.7 Å². The van der Waals surface area contributed by atoms with Gasteiger partial charge in [-0.2, -0.15) is 13.2 Å². The molecule has 2 unspecified atom stereocenters. The number of carbonyl (C=O) groups excluding carboxylic acids is 2. The van der Waals surface area contributed by atoms with Gasteiger partial charge in [-0.25, -0.2) is 0 Å². The normalized spacial score (nSPS) is 21.0. The third kappa shape index (κ3) is 4.40. The van der Waals surface area contributed by atoms with Crippen molar-refractivity contribution >= 4 is 11.8 Å². The molecule has 3 N–H and O–H groups in total. The van der Waals surface area contributed by atoms with Gasteiger partial charge in [0.1, 0.15) is 17.8 Å². The zero-order chi connectivity index (χ0) is 18.8. The highest BCUT2D eigenvalue weighted by Gasteiger charge is 2.36. The largest absolute Gasteiger partial charge is 0.431 e. The van der Waals surface area contributed by atoms with Gasteiger partial charge in [0.2, 0.25) is 5.91 Å².